The van der Waals surface area contributed by atoms with Crippen LogP contribution in [-0.2, 0) is 0 Å². The molecule has 0 saturated heterocycles. The minimum absolute atomic E-state index is 0.0134. The molecule has 1 rings (SSSR count). The summed E-state index contributed by atoms with van der Waals surface area (Å²) in [7, 11) is 0. The Balaban J connectivity index is 2.69. The fourth-order valence-corrected chi connectivity index (χ4v) is 1.98. The van der Waals surface area contributed by atoms with Crippen LogP contribution in [0.5, 0.6) is 0 Å². The molecule has 6 nitrogen and oxygen atoms in total. The molecular weight excluding hydrogens is 244 g/mol. The molecule has 0 aliphatic rings. The van der Waals surface area contributed by atoms with E-state index in [0.29, 0.717) is 5.69 Å². The number of nitrogens with one attached hydrogen (secondary N) is 1. The summed E-state index contributed by atoms with van der Waals surface area (Å²) < 4.78 is 0. The van der Waals surface area contributed by atoms with Crippen molar-refractivity contribution in [3.63, 3.8) is 0 Å². The molecule has 0 heterocycles. The van der Waals surface area contributed by atoms with Gasteiger partial charge in [0.15, 0.2) is 0 Å². The van der Waals surface area contributed by atoms with Crippen molar-refractivity contribution in [2.24, 2.45) is 0 Å². The van der Waals surface area contributed by atoms with E-state index >= 15 is 0 Å². The van der Waals surface area contributed by atoms with Gasteiger partial charge in [0.2, 0.25) is 0 Å². The highest BCUT2D eigenvalue weighted by atomic mass is 16.6. The van der Waals surface area contributed by atoms with Gasteiger partial charge >= 0.3 is 0 Å². The second-order valence-corrected chi connectivity index (χ2v) is 4.56. The SMILES string of the molecule is CCN(CC)CC(C)Nc1ccc([N+](=O)[O-])cc1N. The molecule has 0 fully saturated rings. The van der Waals surface area contributed by atoms with Crippen molar-refractivity contribution in [3.8, 4) is 0 Å². The molecule has 1 aromatic carbocycles. The fraction of sp³-hybridized carbons (Fsp3) is 0.538. The Morgan fingerprint density at radius 2 is 2.05 bits per heavy atom. The van der Waals surface area contributed by atoms with E-state index in [1.165, 1.54) is 12.1 Å². The van der Waals surface area contributed by atoms with Gasteiger partial charge in [-0.3, -0.25) is 10.1 Å². The number of nitrogens with two attached hydrogens (primary N) is 1. The van der Waals surface area contributed by atoms with Crippen LogP contribution in [0.4, 0.5) is 17.1 Å². The van der Waals surface area contributed by atoms with Crippen LogP contribution in [-0.4, -0.2) is 35.5 Å². The molecule has 0 amide bonds. The fourth-order valence-electron chi connectivity index (χ4n) is 1.98. The quantitative estimate of drug-likeness (QED) is 0.449. The third-order valence-corrected chi connectivity index (χ3v) is 3.07. The number of non-ortho nitro benzene ring substituents is 1. The van der Waals surface area contributed by atoms with Crippen LogP contribution < -0.4 is 11.1 Å². The topological polar surface area (TPSA) is 84.4 Å². The van der Waals surface area contributed by atoms with Gasteiger partial charge in [-0.05, 0) is 26.1 Å². The molecule has 0 saturated carbocycles. The van der Waals surface area contributed by atoms with E-state index in [4.69, 9.17) is 5.73 Å². The molecule has 0 spiro atoms. The van der Waals surface area contributed by atoms with Crippen LogP contribution >= 0.6 is 0 Å². The van der Waals surface area contributed by atoms with Gasteiger partial charge in [-0.25, -0.2) is 0 Å². The third kappa shape index (κ3) is 4.40. The molecule has 6 heteroatoms. The van der Waals surface area contributed by atoms with E-state index in [0.717, 1.165) is 25.3 Å². The summed E-state index contributed by atoms with van der Waals surface area (Å²) in [5, 5.41) is 13.9. The van der Waals surface area contributed by atoms with Crippen molar-refractivity contribution in [1.29, 1.82) is 0 Å². The lowest BCUT2D eigenvalue weighted by Crippen LogP contribution is -2.34. The Morgan fingerprint density at radius 3 is 2.53 bits per heavy atom. The summed E-state index contributed by atoms with van der Waals surface area (Å²) in [5.41, 5.74) is 6.98. The Labute approximate surface area is 113 Å². The van der Waals surface area contributed by atoms with Gasteiger partial charge in [0, 0.05) is 24.7 Å². The number of rotatable bonds is 7. The molecule has 0 aliphatic heterocycles. The zero-order chi connectivity index (χ0) is 14.4. The average molecular weight is 266 g/mol. The lowest BCUT2D eigenvalue weighted by molar-refractivity contribution is -0.384. The minimum Gasteiger partial charge on any atom is -0.397 e. The first-order valence-corrected chi connectivity index (χ1v) is 6.50. The summed E-state index contributed by atoms with van der Waals surface area (Å²) in [6, 6.07) is 4.73. The Hall–Kier alpha value is -1.82. The predicted octanol–water partition coefficient (Wildman–Crippen LogP) is 2.32. The molecule has 0 radical (unpaired) electrons. The van der Waals surface area contributed by atoms with Crippen molar-refractivity contribution >= 4 is 17.1 Å². The summed E-state index contributed by atoms with van der Waals surface area (Å²) >= 11 is 0. The standard InChI is InChI=1S/C13H22N4O2/c1-4-16(5-2)9-10(3)15-13-7-6-11(17(18)19)8-12(13)14/h6-8,10,15H,4-5,9,14H2,1-3H3. The van der Waals surface area contributed by atoms with Crippen LogP contribution in [0.25, 0.3) is 0 Å². The molecule has 1 aromatic rings. The minimum atomic E-state index is -0.445. The van der Waals surface area contributed by atoms with Crippen molar-refractivity contribution in [1.82, 2.24) is 4.90 Å². The number of benzene rings is 1. The second kappa shape index (κ2) is 6.94. The highest BCUT2D eigenvalue weighted by Gasteiger charge is 2.11. The maximum atomic E-state index is 10.6. The van der Waals surface area contributed by atoms with Crippen molar-refractivity contribution in [2.75, 3.05) is 30.7 Å². The monoisotopic (exact) mass is 266 g/mol. The van der Waals surface area contributed by atoms with Crippen LogP contribution in [0.3, 0.4) is 0 Å². The van der Waals surface area contributed by atoms with Gasteiger partial charge in [0.25, 0.3) is 5.69 Å². The second-order valence-electron chi connectivity index (χ2n) is 4.56. The van der Waals surface area contributed by atoms with Gasteiger partial charge in [0.05, 0.1) is 16.3 Å². The largest absolute Gasteiger partial charge is 0.397 e. The number of nitrogens with zero attached hydrogens (tertiary/aromatic N) is 2. The van der Waals surface area contributed by atoms with E-state index in [1.54, 1.807) is 6.07 Å². The van der Waals surface area contributed by atoms with E-state index in [-0.39, 0.29) is 11.7 Å². The van der Waals surface area contributed by atoms with Crippen LogP contribution in [0.2, 0.25) is 0 Å². The zero-order valence-corrected chi connectivity index (χ0v) is 11.7. The Bertz CT molecular complexity index is 433. The van der Waals surface area contributed by atoms with Crippen LogP contribution in [0, 0.1) is 10.1 Å². The normalized spacial score (nSPS) is 12.4. The van der Waals surface area contributed by atoms with Gasteiger partial charge < -0.3 is 16.0 Å². The summed E-state index contributed by atoms with van der Waals surface area (Å²) in [4.78, 5) is 12.5. The number of nitrogen functional groups attached to an aromatic ring is 1. The molecule has 106 valence electrons. The number of nitro groups is 1. The average Bonchev–Trinajstić information content (AvgIpc) is 2.38. The molecule has 0 aliphatic carbocycles. The maximum Gasteiger partial charge on any atom is 0.271 e. The highest BCUT2D eigenvalue weighted by molar-refractivity contribution is 5.69. The number of anilines is 2. The molecule has 0 bridgehead atoms. The Kier molecular flexibility index (Phi) is 5.57. The summed E-state index contributed by atoms with van der Waals surface area (Å²) in [6.45, 7) is 9.21. The van der Waals surface area contributed by atoms with Crippen molar-refractivity contribution < 1.29 is 4.92 Å². The van der Waals surface area contributed by atoms with E-state index in [1.807, 2.05) is 0 Å². The van der Waals surface area contributed by atoms with Gasteiger partial charge in [0.1, 0.15) is 0 Å². The van der Waals surface area contributed by atoms with E-state index < -0.39 is 4.92 Å². The number of nitro benzene ring substituents is 1. The molecule has 19 heavy (non-hydrogen) atoms. The first-order valence-electron chi connectivity index (χ1n) is 6.50. The maximum absolute atomic E-state index is 10.6. The summed E-state index contributed by atoms with van der Waals surface area (Å²) in [6.07, 6.45) is 0. The summed E-state index contributed by atoms with van der Waals surface area (Å²) in [5.74, 6) is 0. The van der Waals surface area contributed by atoms with Gasteiger partial charge in [-0.1, -0.05) is 13.8 Å². The van der Waals surface area contributed by atoms with Crippen LogP contribution in [0.15, 0.2) is 18.2 Å². The van der Waals surface area contributed by atoms with Crippen molar-refractivity contribution in [3.05, 3.63) is 28.3 Å². The lowest BCUT2D eigenvalue weighted by atomic mass is 10.2. The predicted molar refractivity (Wildman–Crippen MR) is 78.4 cm³/mol. The number of hydrogen-bond acceptors (Lipinski definition) is 5. The molecule has 1 unspecified atom stereocenters. The van der Waals surface area contributed by atoms with E-state index in [2.05, 4.69) is 31.0 Å². The van der Waals surface area contributed by atoms with Crippen LogP contribution in [0.1, 0.15) is 20.8 Å². The zero-order valence-electron chi connectivity index (χ0n) is 11.7. The smallest absolute Gasteiger partial charge is 0.271 e. The third-order valence-electron chi connectivity index (χ3n) is 3.07. The first kappa shape index (κ1) is 15.2. The molecule has 0 aromatic heterocycles. The Morgan fingerprint density at radius 1 is 1.42 bits per heavy atom. The lowest BCUT2D eigenvalue weighted by Gasteiger charge is -2.24. The van der Waals surface area contributed by atoms with Gasteiger partial charge in [-0.2, -0.15) is 0 Å². The highest BCUT2D eigenvalue weighted by Crippen LogP contribution is 2.24. The molecule has 1 atom stereocenters. The van der Waals surface area contributed by atoms with Crippen molar-refractivity contribution in [2.45, 2.75) is 26.8 Å². The van der Waals surface area contributed by atoms with Gasteiger partial charge in [-0.15, -0.1) is 0 Å². The van der Waals surface area contributed by atoms with E-state index in [9.17, 15) is 10.1 Å². The number of hydrogen-bond donors (Lipinski definition) is 2. The molecular formula is C13H22N4O2. The number of likely N-dealkylation sites (N-methyl/N-ethyl adjacent to an activating group) is 1. The molecule has 3 N–H and O–H groups in total. The first-order chi connectivity index (χ1) is 8.97.